The molecular formula is C10H17N3O. The summed E-state index contributed by atoms with van der Waals surface area (Å²) in [5, 5.41) is 0. The average molecular weight is 195 g/mol. The van der Waals surface area contributed by atoms with Gasteiger partial charge in [-0.3, -0.25) is 0 Å². The predicted molar refractivity (Wildman–Crippen MR) is 60.0 cm³/mol. The Hall–Kier alpha value is -1.58. The Kier molecular flexibility index (Phi) is 3.06. The van der Waals surface area contributed by atoms with Crippen molar-refractivity contribution >= 4 is 17.1 Å². The van der Waals surface area contributed by atoms with Gasteiger partial charge in [0, 0.05) is 5.69 Å². The SMILES string of the molecule is CC(C)COc1c(N)cc(N)cc1N. The number of hydrogen-bond acceptors (Lipinski definition) is 4. The van der Waals surface area contributed by atoms with Crippen molar-refractivity contribution in [3.8, 4) is 5.75 Å². The summed E-state index contributed by atoms with van der Waals surface area (Å²) in [7, 11) is 0. The quantitative estimate of drug-likeness (QED) is 0.637. The van der Waals surface area contributed by atoms with E-state index in [1.54, 1.807) is 12.1 Å². The molecule has 4 nitrogen and oxygen atoms in total. The topological polar surface area (TPSA) is 87.3 Å². The molecule has 1 rings (SSSR count). The van der Waals surface area contributed by atoms with Crippen molar-refractivity contribution in [3.63, 3.8) is 0 Å². The largest absolute Gasteiger partial charge is 0.489 e. The van der Waals surface area contributed by atoms with Crippen LogP contribution in [0.15, 0.2) is 12.1 Å². The van der Waals surface area contributed by atoms with Crippen LogP contribution in [-0.2, 0) is 0 Å². The van der Waals surface area contributed by atoms with Gasteiger partial charge in [-0.15, -0.1) is 0 Å². The lowest BCUT2D eigenvalue weighted by Crippen LogP contribution is -2.08. The molecule has 1 aromatic rings. The lowest BCUT2D eigenvalue weighted by molar-refractivity contribution is 0.274. The van der Waals surface area contributed by atoms with Crippen molar-refractivity contribution in [1.82, 2.24) is 0 Å². The second kappa shape index (κ2) is 4.09. The van der Waals surface area contributed by atoms with E-state index in [-0.39, 0.29) is 0 Å². The molecule has 0 bridgehead atoms. The number of benzene rings is 1. The first-order chi connectivity index (χ1) is 6.50. The lowest BCUT2D eigenvalue weighted by Gasteiger charge is -2.13. The Labute approximate surface area is 84.0 Å². The number of hydrogen-bond donors (Lipinski definition) is 3. The van der Waals surface area contributed by atoms with Gasteiger partial charge in [0.25, 0.3) is 0 Å². The third-order valence-electron chi connectivity index (χ3n) is 1.73. The van der Waals surface area contributed by atoms with Gasteiger partial charge in [-0.1, -0.05) is 13.8 Å². The summed E-state index contributed by atoms with van der Waals surface area (Å²) in [5.41, 5.74) is 18.5. The third kappa shape index (κ3) is 2.45. The number of nitrogen functional groups attached to an aromatic ring is 3. The van der Waals surface area contributed by atoms with E-state index in [9.17, 15) is 0 Å². The fourth-order valence-corrected chi connectivity index (χ4v) is 1.12. The first-order valence-corrected chi connectivity index (χ1v) is 4.58. The standard InChI is InChI=1S/C10H17N3O/c1-6(2)5-14-10-8(12)3-7(11)4-9(10)13/h3-4,6H,5,11-13H2,1-2H3. The maximum absolute atomic E-state index is 5.72. The molecule has 0 saturated carbocycles. The van der Waals surface area contributed by atoms with Crippen LogP contribution in [0, 0.1) is 5.92 Å². The van der Waals surface area contributed by atoms with Crippen molar-refractivity contribution in [2.45, 2.75) is 13.8 Å². The smallest absolute Gasteiger partial charge is 0.165 e. The van der Waals surface area contributed by atoms with E-state index in [2.05, 4.69) is 13.8 Å². The average Bonchev–Trinajstić information content (AvgIpc) is 2.01. The Morgan fingerprint density at radius 1 is 1.14 bits per heavy atom. The zero-order valence-electron chi connectivity index (χ0n) is 8.58. The zero-order chi connectivity index (χ0) is 10.7. The van der Waals surface area contributed by atoms with Crippen LogP contribution >= 0.6 is 0 Å². The van der Waals surface area contributed by atoms with E-state index >= 15 is 0 Å². The minimum absolute atomic E-state index is 0.436. The van der Waals surface area contributed by atoms with Gasteiger partial charge >= 0.3 is 0 Å². The van der Waals surface area contributed by atoms with Gasteiger partial charge in [-0.25, -0.2) is 0 Å². The lowest BCUT2D eigenvalue weighted by atomic mass is 10.2. The van der Waals surface area contributed by atoms with Crippen molar-refractivity contribution in [1.29, 1.82) is 0 Å². The van der Waals surface area contributed by atoms with Gasteiger partial charge in [0.15, 0.2) is 5.75 Å². The summed E-state index contributed by atoms with van der Waals surface area (Å²) < 4.78 is 5.48. The van der Waals surface area contributed by atoms with Crippen LogP contribution in [0.2, 0.25) is 0 Å². The van der Waals surface area contributed by atoms with Crippen LogP contribution in [0.4, 0.5) is 17.1 Å². The van der Waals surface area contributed by atoms with E-state index < -0.39 is 0 Å². The summed E-state index contributed by atoms with van der Waals surface area (Å²) in [6, 6.07) is 3.29. The number of nitrogens with two attached hydrogens (primary N) is 3. The van der Waals surface area contributed by atoms with Crippen LogP contribution in [0.1, 0.15) is 13.8 Å². The molecule has 78 valence electrons. The van der Waals surface area contributed by atoms with E-state index in [0.717, 1.165) is 0 Å². The Morgan fingerprint density at radius 3 is 2.07 bits per heavy atom. The van der Waals surface area contributed by atoms with E-state index in [1.165, 1.54) is 0 Å². The van der Waals surface area contributed by atoms with E-state index in [0.29, 0.717) is 35.3 Å². The highest BCUT2D eigenvalue weighted by atomic mass is 16.5. The molecule has 0 radical (unpaired) electrons. The summed E-state index contributed by atoms with van der Waals surface area (Å²) >= 11 is 0. The molecule has 0 unspecified atom stereocenters. The molecule has 14 heavy (non-hydrogen) atoms. The zero-order valence-corrected chi connectivity index (χ0v) is 8.58. The molecule has 0 fully saturated rings. The van der Waals surface area contributed by atoms with Crippen LogP contribution in [0.3, 0.4) is 0 Å². The predicted octanol–water partition coefficient (Wildman–Crippen LogP) is 1.47. The van der Waals surface area contributed by atoms with Crippen LogP contribution in [-0.4, -0.2) is 6.61 Å². The third-order valence-corrected chi connectivity index (χ3v) is 1.73. The Bertz CT molecular complexity index is 300. The van der Waals surface area contributed by atoms with Crippen molar-refractivity contribution < 1.29 is 4.74 Å². The fourth-order valence-electron chi connectivity index (χ4n) is 1.12. The van der Waals surface area contributed by atoms with Crippen LogP contribution in [0.5, 0.6) is 5.75 Å². The monoisotopic (exact) mass is 195 g/mol. The van der Waals surface area contributed by atoms with Gasteiger partial charge in [0.05, 0.1) is 18.0 Å². The number of rotatable bonds is 3. The first kappa shape index (κ1) is 10.5. The van der Waals surface area contributed by atoms with Crippen LogP contribution in [0.25, 0.3) is 0 Å². The maximum atomic E-state index is 5.72. The molecule has 0 aliphatic carbocycles. The molecule has 0 saturated heterocycles. The Morgan fingerprint density at radius 2 is 1.64 bits per heavy atom. The summed E-state index contributed by atoms with van der Waals surface area (Å²) in [4.78, 5) is 0. The second-order valence-electron chi connectivity index (χ2n) is 3.73. The molecule has 0 aliphatic rings. The van der Waals surface area contributed by atoms with Crippen molar-refractivity contribution in [3.05, 3.63) is 12.1 Å². The molecule has 0 amide bonds. The Balaban J connectivity index is 2.86. The molecule has 0 atom stereocenters. The normalized spacial score (nSPS) is 10.5. The summed E-state index contributed by atoms with van der Waals surface area (Å²) in [5.74, 6) is 0.972. The molecule has 0 aromatic heterocycles. The highest BCUT2D eigenvalue weighted by Gasteiger charge is 2.07. The second-order valence-corrected chi connectivity index (χ2v) is 3.73. The van der Waals surface area contributed by atoms with Gasteiger partial charge in [0.2, 0.25) is 0 Å². The molecule has 1 aromatic carbocycles. The molecule has 0 heterocycles. The maximum Gasteiger partial charge on any atom is 0.165 e. The minimum atomic E-state index is 0.436. The van der Waals surface area contributed by atoms with Gasteiger partial charge < -0.3 is 21.9 Å². The summed E-state index contributed by atoms with van der Waals surface area (Å²) in [6.07, 6.45) is 0. The van der Waals surface area contributed by atoms with Gasteiger partial charge in [-0.2, -0.15) is 0 Å². The number of ether oxygens (including phenoxy) is 1. The molecule has 0 aliphatic heterocycles. The fraction of sp³-hybridized carbons (Fsp3) is 0.400. The molecule has 4 heteroatoms. The van der Waals surface area contributed by atoms with Crippen LogP contribution < -0.4 is 21.9 Å². The minimum Gasteiger partial charge on any atom is -0.489 e. The summed E-state index contributed by atoms with van der Waals surface area (Å²) in [6.45, 7) is 4.71. The van der Waals surface area contributed by atoms with E-state index in [1.807, 2.05) is 0 Å². The van der Waals surface area contributed by atoms with Gasteiger partial charge in [-0.05, 0) is 18.1 Å². The molecular weight excluding hydrogens is 178 g/mol. The van der Waals surface area contributed by atoms with Crippen molar-refractivity contribution in [2.24, 2.45) is 5.92 Å². The molecule has 0 spiro atoms. The number of anilines is 3. The highest BCUT2D eigenvalue weighted by Crippen LogP contribution is 2.31. The highest BCUT2D eigenvalue weighted by molar-refractivity contribution is 5.73. The van der Waals surface area contributed by atoms with Gasteiger partial charge in [0.1, 0.15) is 0 Å². The van der Waals surface area contributed by atoms with E-state index in [4.69, 9.17) is 21.9 Å². The molecule has 6 N–H and O–H groups in total. The first-order valence-electron chi connectivity index (χ1n) is 4.58. The van der Waals surface area contributed by atoms with Crippen molar-refractivity contribution in [2.75, 3.05) is 23.8 Å².